The van der Waals surface area contributed by atoms with Gasteiger partial charge in [0, 0.05) is 6.42 Å². The maximum atomic E-state index is 13.1. The van der Waals surface area contributed by atoms with E-state index < -0.39 is 5.82 Å². The van der Waals surface area contributed by atoms with Gasteiger partial charge in [0.15, 0.2) is 0 Å². The van der Waals surface area contributed by atoms with Gasteiger partial charge in [-0.05, 0) is 11.6 Å². The smallest absolute Gasteiger partial charge is 0.145 e. The molecule has 12 heavy (non-hydrogen) atoms. The van der Waals surface area contributed by atoms with Crippen LogP contribution in [0.4, 0.5) is 4.39 Å². The normalized spacial score (nSPS) is 9.83. The van der Waals surface area contributed by atoms with Gasteiger partial charge in [-0.2, -0.15) is 0 Å². The third-order valence-corrected chi connectivity index (χ3v) is 1.70. The van der Waals surface area contributed by atoms with Crippen LogP contribution in [0.15, 0.2) is 18.2 Å². The largest absolute Gasteiger partial charge is 0.387 e. The van der Waals surface area contributed by atoms with Crippen LogP contribution >= 0.6 is 11.6 Å². The molecule has 1 aromatic carbocycles. The molecule has 0 aliphatic heterocycles. The van der Waals surface area contributed by atoms with E-state index in [-0.39, 0.29) is 17.3 Å². The lowest BCUT2D eigenvalue weighted by Gasteiger charge is -2.01. The zero-order valence-electron chi connectivity index (χ0n) is 6.27. The molecule has 0 aliphatic rings. The molecule has 64 valence electrons. The van der Waals surface area contributed by atoms with Crippen LogP contribution in [-0.4, -0.2) is 5.84 Å². The molecular weight excluding hydrogens is 179 g/mol. The standard InChI is InChI=1S/C8H8ClFN2/c9-6-3-1-2-5(8(6)10)4-7(11)12/h1-3H,4H2,(H3,11,12). The van der Waals surface area contributed by atoms with E-state index in [0.717, 1.165) is 0 Å². The van der Waals surface area contributed by atoms with Crippen molar-refractivity contribution in [2.45, 2.75) is 6.42 Å². The first-order valence-electron chi connectivity index (χ1n) is 3.37. The number of hydrogen-bond acceptors (Lipinski definition) is 1. The number of rotatable bonds is 2. The summed E-state index contributed by atoms with van der Waals surface area (Å²) >= 11 is 5.51. The Morgan fingerprint density at radius 2 is 2.25 bits per heavy atom. The highest BCUT2D eigenvalue weighted by Gasteiger charge is 2.06. The molecule has 0 spiro atoms. The molecule has 0 saturated heterocycles. The second-order valence-electron chi connectivity index (χ2n) is 2.41. The van der Waals surface area contributed by atoms with Gasteiger partial charge in [0.25, 0.3) is 0 Å². The van der Waals surface area contributed by atoms with Crippen molar-refractivity contribution in [2.24, 2.45) is 5.73 Å². The Kier molecular flexibility index (Phi) is 2.65. The molecule has 4 heteroatoms. The highest BCUT2D eigenvalue weighted by atomic mass is 35.5. The fourth-order valence-corrected chi connectivity index (χ4v) is 1.08. The summed E-state index contributed by atoms with van der Waals surface area (Å²) in [6, 6.07) is 4.65. The van der Waals surface area contributed by atoms with Crippen molar-refractivity contribution < 1.29 is 4.39 Å². The van der Waals surface area contributed by atoms with Gasteiger partial charge in [-0.15, -0.1) is 0 Å². The molecular formula is C8H8ClFN2. The number of halogens is 2. The Labute approximate surface area is 74.7 Å². The summed E-state index contributed by atoms with van der Waals surface area (Å²) in [5, 5.41) is 7.03. The van der Waals surface area contributed by atoms with Crippen LogP contribution < -0.4 is 5.73 Å². The van der Waals surface area contributed by atoms with Crippen molar-refractivity contribution in [1.82, 2.24) is 0 Å². The molecule has 0 atom stereocenters. The monoisotopic (exact) mass is 186 g/mol. The van der Waals surface area contributed by atoms with E-state index in [1.54, 1.807) is 12.1 Å². The van der Waals surface area contributed by atoms with Crippen molar-refractivity contribution in [3.05, 3.63) is 34.6 Å². The minimum atomic E-state index is -0.491. The molecule has 0 amide bonds. The van der Waals surface area contributed by atoms with Gasteiger partial charge in [-0.1, -0.05) is 23.7 Å². The topological polar surface area (TPSA) is 49.9 Å². The van der Waals surface area contributed by atoms with Crippen molar-refractivity contribution in [3.63, 3.8) is 0 Å². The Morgan fingerprint density at radius 1 is 1.58 bits per heavy atom. The first-order chi connectivity index (χ1) is 5.61. The van der Waals surface area contributed by atoms with E-state index >= 15 is 0 Å². The SMILES string of the molecule is N=C(N)Cc1cccc(Cl)c1F. The summed E-state index contributed by atoms with van der Waals surface area (Å²) in [6.45, 7) is 0. The fourth-order valence-electron chi connectivity index (χ4n) is 0.890. The summed E-state index contributed by atoms with van der Waals surface area (Å²) in [7, 11) is 0. The minimum Gasteiger partial charge on any atom is -0.387 e. The summed E-state index contributed by atoms with van der Waals surface area (Å²) in [4.78, 5) is 0. The van der Waals surface area contributed by atoms with Crippen LogP contribution in [0, 0.1) is 11.2 Å². The van der Waals surface area contributed by atoms with Crippen molar-refractivity contribution in [2.75, 3.05) is 0 Å². The summed E-state index contributed by atoms with van der Waals surface area (Å²) in [6.07, 6.45) is 0.104. The summed E-state index contributed by atoms with van der Waals surface area (Å²) < 4.78 is 13.1. The Hall–Kier alpha value is -1.09. The number of amidine groups is 1. The lowest BCUT2D eigenvalue weighted by Crippen LogP contribution is -2.13. The maximum absolute atomic E-state index is 13.1. The molecule has 1 aromatic rings. The van der Waals surface area contributed by atoms with E-state index in [0.29, 0.717) is 5.56 Å². The molecule has 0 unspecified atom stereocenters. The number of nitrogens with one attached hydrogen (secondary N) is 1. The lowest BCUT2D eigenvalue weighted by atomic mass is 10.1. The molecule has 3 N–H and O–H groups in total. The van der Waals surface area contributed by atoms with Gasteiger partial charge in [-0.3, -0.25) is 5.41 Å². The van der Waals surface area contributed by atoms with Crippen molar-refractivity contribution >= 4 is 17.4 Å². The Bertz CT molecular complexity index is 312. The van der Waals surface area contributed by atoms with Crippen molar-refractivity contribution in [3.8, 4) is 0 Å². The average Bonchev–Trinajstić information content (AvgIpc) is 1.98. The fraction of sp³-hybridized carbons (Fsp3) is 0.125. The van der Waals surface area contributed by atoms with E-state index in [9.17, 15) is 4.39 Å². The molecule has 0 radical (unpaired) electrons. The Morgan fingerprint density at radius 3 is 2.83 bits per heavy atom. The molecule has 0 bridgehead atoms. The second kappa shape index (κ2) is 3.54. The average molecular weight is 187 g/mol. The van der Waals surface area contributed by atoms with E-state index in [1.165, 1.54) is 6.07 Å². The van der Waals surface area contributed by atoms with Crippen LogP contribution in [0.3, 0.4) is 0 Å². The zero-order chi connectivity index (χ0) is 9.14. The minimum absolute atomic E-state index is 0.0637. The maximum Gasteiger partial charge on any atom is 0.145 e. The van der Waals surface area contributed by atoms with E-state index in [4.69, 9.17) is 22.7 Å². The molecule has 0 aromatic heterocycles. The number of nitrogens with two attached hydrogens (primary N) is 1. The zero-order valence-corrected chi connectivity index (χ0v) is 7.03. The third-order valence-electron chi connectivity index (χ3n) is 1.41. The molecule has 1 rings (SSSR count). The van der Waals surface area contributed by atoms with E-state index in [2.05, 4.69) is 0 Å². The third kappa shape index (κ3) is 1.95. The van der Waals surface area contributed by atoms with Gasteiger partial charge in [0.2, 0.25) is 0 Å². The Balaban J connectivity index is 3.00. The van der Waals surface area contributed by atoms with E-state index in [1.807, 2.05) is 0 Å². The number of hydrogen-bond donors (Lipinski definition) is 2. The summed E-state index contributed by atoms with van der Waals surface area (Å²) in [5.74, 6) is -0.564. The second-order valence-corrected chi connectivity index (χ2v) is 2.82. The molecule has 0 fully saturated rings. The highest BCUT2D eigenvalue weighted by Crippen LogP contribution is 2.17. The molecule has 2 nitrogen and oxygen atoms in total. The van der Waals surface area contributed by atoms with Gasteiger partial charge >= 0.3 is 0 Å². The lowest BCUT2D eigenvalue weighted by molar-refractivity contribution is 0.616. The van der Waals surface area contributed by atoms with Gasteiger partial charge < -0.3 is 5.73 Å². The molecule has 0 aliphatic carbocycles. The van der Waals surface area contributed by atoms with Crippen LogP contribution in [0.5, 0.6) is 0 Å². The van der Waals surface area contributed by atoms with Crippen LogP contribution in [0.25, 0.3) is 0 Å². The van der Waals surface area contributed by atoms with Crippen LogP contribution in [0.1, 0.15) is 5.56 Å². The quantitative estimate of drug-likeness (QED) is 0.539. The molecule has 0 saturated carbocycles. The van der Waals surface area contributed by atoms with Gasteiger partial charge in [0.05, 0.1) is 10.9 Å². The van der Waals surface area contributed by atoms with Crippen molar-refractivity contribution in [1.29, 1.82) is 5.41 Å². The predicted molar refractivity (Wildman–Crippen MR) is 47.0 cm³/mol. The summed E-state index contributed by atoms with van der Waals surface area (Å²) in [5.41, 5.74) is 5.47. The molecule has 0 heterocycles. The first kappa shape index (κ1) is 9.00. The predicted octanol–water partition coefficient (Wildman–Crippen LogP) is 1.96. The van der Waals surface area contributed by atoms with Crippen LogP contribution in [0.2, 0.25) is 5.02 Å². The highest BCUT2D eigenvalue weighted by molar-refractivity contribution is 6.30. The first-order valence-corrected chi connectivity index (χ1v) is 3.75. The van der Waals surface area contributed by atoms with Crippen LogP contribution in [-0.2, 0) is 6.42 Å². The van der Waals surface area contributed by atoms with Gasteiger partial charge in [-0.25, -0.2) is 4.39 Å². The number of benzene rings is 1. The van der Waals surface area contributed by atoms with Gasteiger partial charge in [0.1, 0.15) is 5.82 Å².